The standard InChI is InChI=1S/C23H35N5O2.HI/c1-3-21(29)28-15-12-20(17-28)26-23(24-4-2)25-16-18-8-10-19(11-9-18)22(30)27-13-6-5-7-14-27;/h8-11,20H,3-7,12-17H2,1-2H3,(H2,24,25,26);1H. The van der Waals surface area contributed by atoms with Crippen LogP contribution in [0.5, 0.6) is 0 Å². The molecule has 1 unspecified atom stereocenters. The number of hydrogen-bond acceptors (Lipinski definition) is 3. The molecule has 1 aromatic carbocycles. The van der Waals surface area contributed by atoms with E-state index in [4.69, 9.17) is 4.99 Å². The average Bonchev–Trinajstić information content (AvgIpc) is 3.26. The molecular formula is C23H36IN5O2. The second kappa shape index (κ2) is 12.9. The molecule has 0 radical (unpaired) electrons. The van der Waals surface area contributed by atoms with Gasteiger partial charge in [0.1, 0.15) is 0 Å². The Kier molecular flexibility index (Phi) is 10.6. The van der Waals surface area contributed by atoms with Gasteiger partial charge in [0.15, 0.2) is 5.96 Å². The number of amides is 2. The van der Waals surface area contributed by atoms with Crippen molar-refractivity contribution in [2.75, 3.05) is 32.7 Å². The van der Waals surface area contributed by atoms with E-state index in [1.54, 1.807) is 0 Å². The van der Waals surface area contributed by atoms with Crippen LogP contribution in [0, 0.1) is 0 Å². The third kappa shape index (κ3) is 7.36. The summed E-state index contributed by atoms with van der Waals surface area (Å²) >= 11 is 0. The van der Waals surface area contributed by atoms with Crippen molar-refractivity contribution in [3.8, 4) is 0 Å². The summed E-state index contributed by atoms with van der Waals surface area (Å²) in [7, 11) is 0. The molecule has 8 heteroatoms. The van der Waals surface area contributed by atoms with E-state index < -0.39 is 0 Å². The zero-order chi connectivity index (χ0) is 21.3. The van der Waals surface area contributed by atoms with Crippen LogP contribution in [0.3, 0.4) is 0 Å². The molecule has 0 saturated carbocycles. The Bertz CT molecular complexity index is 747. The highest BCUT2D eigenvalue weighted by Gasteiger charge is 2.25. The van der Waals surface area contributed by atoms with Gasteiger partial charge in [0.2, 0.25) is 5.91 Å². The van der Waals surface area contributed by atoms with Crippen LogP contribution in [0.25, 0.3) is 0 Å². The molecule has 2 aliphatic heterocycles. The van der Waals surface area contributed by atoms with Gasteiger partial charge in [-0.15, -0.1) is 24.0 Å². The second-order valence-corrected chi connectivity index (χ2v) is 8.07. The summed E-state index contributed by atoms with van der Waals surface area (Å²) < 4.78 is 0. The molecule has 1 aromatic rings. The molecule has 2 aliphatic rings. The smallest absolute Gasteiger partial charge is 0.253 e. The molecule has 3 rings (SSSR count). The summed E-state index contributed by atoms with van der Waals surface area (Å²) in [4.78, 5) is 33.1. The van der Waals surface area contributed by atoms with E-state index in [2.05, 4.69) is 10.6 Å². The largest absolute Gasteiger partial charge is 0.357 e. The second-order valence-electron chi connectivity index (χ2n) is 8.07. The van der Waals surface area contributed by atoms with E-state index in [0.717, 1.165) is 69.1 Å². The van der Waals surface area contributed by atoms with Gasteiger partial charge in [-0.3, -0.25) is 9.59 Å². The maximum atomic E-state index is 12.6. The molecule has 2 N–H and O–H groups in total. The molecule has 31 heavy (non-hydrogen) atoms. The molecule has 2 fully saturated rings. The Hall–Kier alpha value is -1.84. The van der Waals surface area contributed by atoms with Gasteiger partial charge < -0.3 is 20.4 Å². The minimum absolute atomic E-state index is 0. The third-order valence-corrected chi connectivity index (χ3v) is 5.79. The van der Waals surface area contributed by atoms with Crippen LogP contribution in [0.15, 0.2) is 29.3 Å². The molecule has 2 amide bonds. The van der Waals surface area contributed by atoms with Crippen molar-refractivity contribution in [3.05, 3.63) is 35.4 Å². The van der Waals surface area contributed by atoms with E-state index >= 15 is 0 Å². The number of carbonyl (C=O) groups is 2. The molecule has 2 saturated heterocycles. The van der Waals surface area contributed by atoms with Crippen LogP contribution in [0.2, 0.25) is 0 Å². The van der Waals surface area contributed by atoms with Crippen LogP contribution in [-0.4, -0.2) is 66.3 Å². The van der Waals surface area contributed by atoms with Gasteiger partial charge in [0.05, 0.1) is 6.54 Å². The minimum atomic E-state index is 0. The number of rotatable bonds is 6. The summed E-state index contributed by atoms with van der Waals surface area (Å²) in [6.45, 7) is 8.52. The molecule has 172 valence electrons. The molecule has 0 bridgehead atoms. The van der Waals surface area contributed by atoms with E-state index in [-0.39, 0.29) is 41.8 Å². The van der Waals surface area contributed by atoms with E-state index in [9.17, 15) is 9.59 Å². The lowest BCUT2D eigenvalue weighted by molar-refractivity contribution is -0.129. The maximum absolute atomic E-state index is 12.6. The Morgan fingerprint density at radius 3 is 2.39 bits per heavy atom. The topological polar surface area (TPSA) is 77.0 Å². The van der Waals surface area contributed by atoms with Crippen molar-refractivity contribution in [1.29, 1.82) is 0 Å². The third-order valence-electron chi connectivity index (χ3n) is 5.79. The number of likely N-dealkylation sites (tertiary alicyclic amines) is 2. The SMILES string of the molecule is CCNC(=NCc1ccc(C(=O)N2CCCCC2)cc1)NC1CCN(C(=O)CC)C1.I. The zero-order valence-corrected chi connectivity index (χ0v) is 21.1. The number of benzene rings is 1. The van der Waals surface area contributed by atoms with E-state index in [1.807, 2.05) is 47.9 Å². The first-order valence-electron chi connectivity index (χ1n) is 11.3. The number of halogens is 1. The number of nitrogens with zero attached hydrogens (tertiary/aromatic N) is 3. The van der Waals surface area contributed by atoms with E-state index in [0.29, 0.717) is 13.0 Å². The van der Waals surface area contributed by atoms with Crippen molar-refractivity contribution < 1.29 is 9.59 Å². The van der Waals surface area contributed by atoms with Gasteiger partial charge in [-0.1, -0.05) is 19.1 Å². The first kappa shape index (κ1) is 25.4. The molecule has 1 atom stereocenters. The summed E-state index contributed by atoms with van der Waals surface area (Å²) in [6.07, 6.45) is 4.91. The predicted octanol–water partition coefficient (Wildman–Crippen LogP) is 3.00. The minimum Gasteiger partial charge on any atom is -0.357 e. The van der Waals surface area contributed by atoms with Gasteiger partial charge in [-0.05, 0) is 50.3 Å². The number of guanidine groups is 1. The monoisotopic (exact) mass is 541 g/mol. The molecule has 0 spiro atoms. The zero-order valence-electron chi connectivity index (χ0n) is 18.7. The number of hydrogen-bond donors (Lipinski definition) is 2. The van der Waals surface area contributed by atoms with Gasteiger partial charge in [0, 0.05) is 50.7 Å². The van der Waals surface area contributed by atoms with Gasteiger partial charge in [0.25, 0.3) is 5.91 Å². The number of aliphatic imine (C=N–C) groups is 1. The van der Waals surface area contributed by atoms with Crippen LogP contribution < -0.4 is 10.6 Å². The molecular weight excluding hydrogens is 505 g/mol. The fourth-order valence-corrected chi connectivity index (χ4v) is 4.04. The van der Waals surface area contributed by atoms with Crippen LogP contribution >= 0.6 is 24.0 Å². The lowest BCUT2D eigenvalue weighted by Crippen LogP contribution is -2.45. The Morgan fingerprint density at radius 2 is 1.74 bits per heavy atom. The first-order chi connectivity index (χ1) is 14.6. The lowest BCUT2D eigenvalue weighted by Gasteiger charge is -2.26. The predicted molar refractivity (Wildman–Crippen MR) is 135 cm³/mol. The van der Waals surface area contributed by atoms with Crippen molar-refractivity contribution in [2.45, 2.75) is 58.5 Å². The molecule has 7 nitrogen and oxygen atoms in total. The fourth-order valence-electron chi connectivity index (χ4n) is 4.04. The Balaban J connectivity index is 0.00000341. The van der Waals surface area contributed by atoms with Crippen molar-refractivity contribution in [2.24, 2.45) is 4.99 Å². The van der Waals surface area contributed by atoms with E-state index in [1.165, 1.54) is 6.42 Å². The summed E-state index contributed by atoms with van der Waals surface area (Å²) in [6, 6.07) is 8.02. The average molecular weight is 541 g/mol. The van der Waals surface area contributed by atoms with Gasteiger partial charge in [-0.2, -0.15) is 0 Å². The number of nitrogens with one attached hydrogen (secondary N) is 2. The van der Waals surface area contributed by atoms with Crippen LogP contribution in [0.4, 0.5) is 0 Å². The number of piperidine rings is 1. The van der Waals surface area contributed by atoms with Crippen molar-refractivity contribution in [1.82, 2.24) is 20.4 Å². The molecule has 0 aliphatic carbocycles. The van der Waals surface area contributed by atoms with Gasteiger partial charge in [-0.25, -0.2) is 4.99 Å². The highest BCUT2D eigenvalue weighted by molar-refractivity contribution is 14.0. The summed E-state index contributed by atoms with van der Waals surface area (Å²) in [5, 5.41) is 6.74. The lowest BCUT2D eigenvalue weighted by atomic mass is 10.1. The quantitative estimate of drug-likeness (QED) is 0.330. The highest BCUT2D eigenvalue weighted by Crippen LogP contribution is 2.14. The first-order valence-corrected chi connectivity index (χ1v) is 11.3. The summed E-state index contributed by atoms with van der Waals surface area (Å²) in [5.74, 6) is 1.11. The summed E-state index contributed by atoms with van der Waals surface area (Å²) in [5.41, 5.74) is 1.82. The van der Waals surface area contributed by atoms with Crippen LogP contribution in [-0.2, 0) is 11.3 Å². The Labute approximate surface area is 203 Å². The highest BCUT2D eigenvalue weighted by atomic mass is 127. The van der Waals surface area contributed by atoms with Crippen molar-refractivity contribution in [3.63, 3.8) is 0 Å². The number of carbonyl (C=O) groups excluding carboxylic acids is 2. The van der Waals surface area contributed by atoms with Crippen molar-refractivity contribution >= 4 is 41.8 Å². The van der Waals surface area contributed by atoms with Gasteiger partial charge >= 0.3 is 0 Å². The fraction of sp³-hybridized carbons (Fsp3) is 0.609. The normalized spacial score (nSPS) is 19.0. The molecule has 2 heterocycles. The van der Waals surface area contributed by atoms with Crippen LogP contribution in [0.1, 0.15) is 61.9 Å². The molecule has 0 aromatic heterocycles. The maximum Gasteiger partial charge on any atom is 0.253 e. The Morgan fingerprint density at radius 1 is 1.03 bits per heavy atom.